The minimum absolute atomic E-state index is 0.180. The fraction of sp³-hybridized carbons (Fsp3) is 0.750. The third kappa shape index (κ3) is 6.47. The average molecular weight is 309 g/mol. The molecule has 1 fully saturated rings. The van der Waals surface area contributed by atoms with E-state index in [4.69, 9.17) is 0 Å². The van der Waals surface area contributed by atoms with Gasteiger partial charge in [0.25, 0.3) is 0 Å². The van der Waals surface area contributed by atoms with Crippen molar-refractivity contribution in [1.82, 2.24) is 20.0 Å². The molecule has 6 heteroatoms. The van der Waals surface area contributed by atoms with Gasteiger partial charge in [-0.15, -0.1) is 6.58 Å². The number of hydrogen-bond acceptors (Lipinski definition) is 3. The first-order chi connectivity index (χ1) is 10.6. The molecule has 1 N–H and O–H groups in total. The molecule has 1 aliphatic rings. The molecular weight excluding hydrogens is 278 g/mol. The van der Waals surface area contributed by atoms with E-state index in [1.165, 1.54) is 0 Å². The van der Waals surface area contributed by atoms with Gasteiger partial charge in [-0.05, 0) is 12.8 Å². The Labute approximate surface area is 134 Å². The maximum Gasteiger partial charge on any atom is 0.219 e. The van der Waals surface area contributed by atoms with Crippen molar-refractivity contribution in [3.63, 3.8) is 0 Å². The number of allylic oxidation sites excluding steroid dienone is 1. The molecule has 1 rings (SSSR count). The molecule has 1 saturated heterocycles. The second-order valence-corrected chi connectivity index (χ2v) is 5.67. The summed E-state index contributed by atoms with van der Waals surface area (Å²) in [5, 5.41) is 3.41. The van der Waals surface area contributed by atoms with Crippen molar-refractivity contribution in [2.45, 2.75) is 19.8 Å². The Kier molecular flexibility index (Phi) is 8.58. The number of aliphatic imine (C=N–C) groups is 1. The molecule has 0 bridgehead atoms. The Balaban J connectivity index is 2.22. The number of carbonyl (C=O) groups excluding carboxylic acids is 1. The Morgan fingerprint density at radius 1 is 1.36 bits per heavy atom. The molecule has 0 saturated carbocycles. The Hall–Kier alpha value is -1.56. The van der Waals surface area contributed by atoms with Crippen LogP contribution in [0.5, 0.6) is 0 Å². The maximum absolute atomic E-state index is 11.3. The van der Waals surface area contributed by atoms with Crippen molar-refractivity contribution < 1.29 is 4.79 Å². The van der Waals surface area contributed by atoms with Crippen molar-refractivity contribution in [1.29, 1.82) is 0 Å². The van der Waals surface area contributed by atoms with Crippen LogP contribution in [0.25, 0.3) is 0 Å². The lowest BCUT2D eigenvalue weighted by Crippen LogP contribution is -2.50. The predicted octanol–water partition coefficient (Wildman–Crippen LogP) is 0.624. The average Bonchev–Trinajstić information content (AvgIpc) is 2.52. The lowest BCUT2D eigenvalue weighted by Gasteiger charge is -2.34. The predicted molar refractivity (Wildman–Crippen MR) is 92.1 cm³/mol. The van der Waals surface area contributed by atoms with Crippen LogP contribution in [-0.2, 0) is 4.79 Å². The normalized spacial score (nSPS) is 16.5. The van der Waals surface area contributed by atoms with E-state index < -0.39 is 0 Å². The standard InChI is InChI=1S/C16H31N5O/c1-5-6-7-9-19(4)16(17-3)18-8-10-20-11-13-21(14-12-20)15(2)22/h5H,1,6-14H2,2-4H3,(H,17,18). The van der Waals surface area contributed by atoms with Crippen LogP contribution < -0.4 is 5.32 Å². The zero-order valence-corrected chi connectivity index (χ0v) is 14.3. The van der Waals surface area contributed by atoms with Crippen LogP contribution in [0.3, 0.4) is 0 Å². The van der Waals surface area contributed by atoms with E-state index >= 15 is 0 Å². The van der Waals surface area contributed by atoms with E-state index in [1.807, 2.05) is 18.0 Å². The maximum atomic E-state index is 11.3. The number of carbonyl (C=O) groups is 1. The number of unbranched alkanes of at least 4 members (excludes halogenated alkanes) is 1. The molecule has 1 heterocycles. The van der Waals surface area contributed by atoms with Gasteiger partial charge in [-0.25, -0.2) is 0 Å². The zero-order chi connectivity index (χ0) is 16.4. The van der Waals surface area contributed by atoms with Gasteiger partial charge in [-0.3, -0.25) is 14.7 Å². The molecule has 22 heavy (non-hydrogen) atoms. The van der Waals surface area contributed by atoms with Crippen molar-refractivity contribution in [2.24, 2.45) is 4.99 Å². The van der Waals surface area contributed by atoms with Gasteiger partial charge in [0.05, 0.1) is 0 Å². The van der Waals surface area contributed by atoms with Crippen LogP contribution >= 0.6 is 0 Å². The van der Waals surface area contributed by atoms with Crippen LogP contribution in [0, 0.1) is 0 Å². The van der Waals surface area contributed by atoms with E-state index in [2.05, 4.69) is 33.7 Å². The molecule has 126 valence electrons. The summed E-state index contributed by atoms with van der Waals surface area (Å²) in [6, 6.07) is 0. The molecule has 0 aromatic carbocycles. The first-order valence-corrected chi connectivity index (χ1v) is 8.09. The van der Waals surface area contributed by atoms with Crippen molar-refractivity contribution in [3.05, 3.63) is 12.7 Å². The monoisotopic (exact) mass is 309 g/mol. The molecule has 0 aromatic rings. The zero-order valence-electron chi connectivity index (χ0n) is 14.3. The van der Waals surface area contributed by atoms with Gasteiger partial charge in [0.1, 0.15) is 0 Å². The molecular formula is C16H31N5O. The second kappa shape index (κ2) is 10.2. The number of piperazine rings is 1. The smallest absolute Gasteiger partial charge is 0.219 e. The van der Waals surface area contributed by atoms with Crippen LogP contribution in [0.4, 0.5) is 0 Å². The van der Waals surface area contributed by atoms with E-state index in [0.29, 0.717) is 0 Å². The largest absolute Gasteiger partial charge is 0.355 e. The number of hydrogen-bond donors (Lipinski definition) is 1. The summed E-state index contributed by atoms with van der Waals surface area (Å²) in [5.74, 6) is 1.12. The summed E-state index contributed by atoms with van der Waals surface area (Å²) >= 11 is 0. The quantitative estimate of drug-likeness (QED) is 0.324. The lowest BCUT2D eigenvalue weighted by molar-refractivity contribution is -0.130. The van der Waals surface area contributed by atoms with E-state index in [9.17, 15) is 4.79 Å². The van der Waals surface area contributed by atoms with Gasteiger partial charge in [0.2, 0.25) is 5.91 Å². The van der Waals surface area contributed by atoms with Gasteiger partial charge in [0, 0.05) is 66.8 Å². The first kappa shape index (κ1) is 18.5. The third-order valence-corrected chi connectivity index (χ3v) is 4.00. The Morgan fingerprint density at radius 2 is 2.05 bits per heavy atom. The Morgan fingerprint density at radius 3 is 2.59 bits per heavy atom. The fourth-order valence-corrected chi connectivity index (χ4v) is 2.58. The molecule has 1 amide bonds. The SMILES string of the molecule is C=CCCCN(C)C(=NC)NCCN1CCN(C(C)=O)CC1. The van der Waals surface area contributed by atoms with E-state index in [1.54, 1.807) is 6.92 Å². The summed E-state index contributed by atoms with van der Waals surface area (Å²) in [4.78, 5) is 22.1. The second-order valence-electron chi connectivity index (χ2n) is 5.67. The van der Waals surface area contributed by atoms with Crippen LogP contribution in [-0.4, -0.2) is 86.5 Å². The summed E-state index contributed by atoms with van der Waals surface area (Å²) in [6.07, 6.45) is 4.07. The molecule has 6 nitrogen and oxygen atoms in total. The lowest BCUT2D eigenvalue weighted by atomic mass is 10.3. The molecule has 0 atom stereocenters. The molecule has 0 aliphatic carbocycles. The highest BCUT2D eigenvalue weighted by molar-refractivity contribution is 5.79. The van der Waals surface area contributed by atoms with Gasteiger partial charge in [-0.1, -0.05) is 6.08 Å². The molecule has 0 spiro atoms. The molecule has 0 unspecified atom stereocenters. The fourth-order valence-electron chi connectivity index (χ4n) is 2.58. The Bertz CT molecular complexity index is 375. The first-order valence-electron chi connectivity index (χ1n) is 8.09. The number of nitrogens with one attached hydrogen (secondary N) is 1. The summed E-state index contributed by atoms with van der Waals surface area (Å²) < 4.78 is 0. The van der Waals surface area contributed by atoms with Crippen molar-refractivity contribution in [3.8, 4) is 0 Å². The number of rotatable bonds is 7. The third-order valence-electron chi connectivity index (χ3n) is 4.00. The summed E-state index contributed by atoms with van der Waals surface area (Å²) in [5.41, 5.74) is 0. The number of amides is 1. The van der Waals surface area contributed by atoms with Gasteiger partial charge < -0.3 is 15.1 Å². The van der Waals surface area contributed by atoms with Gasteiger partial charge in [-0.2, -0.15) is 0 Å². The number of nitrogens with zero attached hydrogens (tertiary/aromatic N) is 4. The van der Waals surface area contributed by atoms with E-state index in [-0.39, 0.29) is 5.91 Å². The molecule has 0 aromatic heterocycles. The molecule has 0 radical (unpaired) electrons. The minimum atomic E-state index is 0.180. The van der Waals surface area contributed by atoms with Crippen LogP contribution in [0.15, 0.2) is 17.6 Å². The van der Waals surface area contributed by atoms with Crippen LogP contribution in [0.1, 0.15) is 19.8 Å². The van der Waals surface area contributed by atoms with Gasteiger partial charge in [0.15, 0.2) is 5.96 Å². The summed E-state index contributed by atoms with van der Waals surface area (Å²) in [7, 11) is 3.88. The van der Waals surface area contributed by atoms with Crippen LogP contribution in [0.2, 0.25) is 0 Å². The number of guanidine groups is 1. The van der Waals surface area contributed by atoms with Gasteiger partial charge >= 0.3 is 0 Å². The topological polar surface area (TPSA) is 51.2 Å². The minimum Gasteiger partial charge on any atom is -0.355 e. The highest BCUT2D eigenvalue weighted by Crippen LogP contribution is 2.01. The highest BCUT2D eigenvalue weighted by Gasteiger charge is 2.18. The van der Waals surface area contributed by atoms with Crippen molar-refractivity contribution >= 4 is 11.9 Å². The van der Waals surface area contributed by atoms with Crippen molar-refractivity contribution in [2.75, 3.05) is 59.9 Å². The molecule has 1 aliphatic heterocycles. The van der Waals surface area contributed by atoms with E-state index in [0.717, 1.165) is 64.6 Å². The summed E-state index contributed by atoms with van der Waals surface area (Å²) in [6.45, 7) is 11.8. The highest BCUT2D eigenvalue weighted by atomic mass is 16.2.